The van der Waals surface area contributed by atoms with E-state index >= 15 is 0 Å². The molecular formula is C11H9ClO3. The number of aliphatic carboxylic acids is 1. The third kappa shape index (κ3) is 3.22. The molecule has 0 fully saturated rings. The summed E-state index contributed by atoms with van der Waals surface area (Å²) in [4.78, 5) is 20.9. The van der Waals surface area contributed by atoms with Gasteiger partial charge in [0.25, 0.3) is 0 Å². The SMILES string of the molecule is O=Cc1cccc(Cl)c1C=CCC(=O)O. The Hall–Kier alpha value is -1.61. The Morgan fingerprint density at radius 3 is 2.80 bits per heavy atom. The van der Waals surface area contributed by atoms with Gasteiger partial charge in [-0.2, -0.15) is 0 Å². The maximum atomic E-state index is 10.7. The van der Waals surface area contributed by atoms with Crippen molar-refractivity contribution >= 4 is 29.9 Å². The molecule has 0 spiro atoms. The van der Waals surface area contributed by atoms with Crippen LogP contribution in [-0.4, -0.2) is 17.4 Å². The number of hydrogen-bond acceptors (Lipinski definition) is 2. The first-order valence-corrected chi connectivity index (χ1v) is 4.65. The quantitative estimate of drug-likeness (QED) is 0.800. The molecule has 0 saturated carbocycles. The third-order valence-electron chi connectivity index (χ3n) is 1.79. The molecule has 0 bridgehead atoms. The molecule has 0 aliphatic carbocycles. The van der Waals surface area contributed by atoms with Gasteiger partial charge in [0.15, 0.2) is 6.29 Å². The summed E-state index contributed by atoms with van der Waals surface area (Å²) in [6.07, 6.45) is 3.59. The Morgan fingerprint density at radius 1 is 1.47 bits per heavy atom. The van der Waals surface area contributed by atoms with Gasteiger partial charge in [-0.3, -0.25) is 9.59 Å². The van der Waals surface area contributed by atoms with Crippen LogP contribution in [-0.2, 0) is 4.79 Å². The molecule has 15 heavy (non-hydrogen) atoms. The average molecular weight is 225 g/mol. The van der Waals surface area contributed by atoms with Crippen molar-refractivity contribution in [3.63, 3.8) is 0 Å². The van der Waals surface area contributed by atoms with Crippen molar-refractivity contribution in [2.24, 2.45) is 0 Å². The van der Waals surface area contributed by atoms with E-state index in [-0.39, 0.29) is 6.42 Å². The number of benzene rings is 1. The average Bonchev–Trinajstić information content (AvgIpc) is 2.20. The Kier molecular flexibility index (Phi) is 4.06. The van der Waals surface area contributed by atoms with Crippen LogP contribution >= 0.6 is 11.6 Å². The second-order valence-corrected chi connectivity index (χ2v) is 3.27. The van der Waals surface area contributed by atoms with E-state index in [1.807, 2.05) is 0 Å². The molecule has 3 nitrogen and oxygen atoms in total. The number of carbonyl (C=O) groups is 2. The minimum atomic E-state index is -0.925. The Bertz CT molecular complexity index is 410. The highest BCUT2D eigenvalue weighted by atomic mass is 35.5. The molecule has 1 aromatic rings. The molecule has 0 aromatic heterocycles. The minimum absolute atomic E-state index is 0.0937. The van der Waals surface area contributed by atoms with E-state index in [4.69, 9.17) is 16.7 Å². The fraction of sp³-hybridized carbons (Fsp3) is 0.0909. The topological polar surface area (TPSA) is 54.4 Å². The Morgan fingerprint density at radius 2 is 2.20 bits per heavy atom. The Balaban J connectivity index is 2.97. The summed E-state index contributed by atoms with van der Waals surface area (Å²) in [5.74, 6) is -0.925. The van der Waals surface area contributed by atoms with Crippen molar-refractivity contribution < 1.29 is 14.7 Å². The summed E-state index contributed by atoms with van der Waals surface area (Å²) >= 11 is 5.87. The number of carboxylic acid groups (broad SMARTS) is 1. The molecule has 0 heterocycles. The Labute approximate surface area is 92.0 Å². The van der Waals surface area contributed by atoms with Gasteiger partial charge in [0, 0.05) is 16.1 Å². The van der Waals surface area contributed by atoms with E-state index in [2.05, 4.69) is 0 Å². The van der Waals surface area contributed by atoms with Gasteiger partial charge in [-0.05, 0) is 6.07 Å². The lowest BCUT2D eigenvalue weighted by Crippen LogP contribution is -1.91. The minimum Gasteiger partial charge on any atom is -0.481 e. The van der Waals surface area contributed by atoms with E-state index in [0.717, 1.165) is 0 Å². The molecule has 0 amide bonds. The van der Waals surface area contributed by atoms with Gasteiger partial charge in [0.2, 0.25) is 0 Å². The second-order valence-electron chi connectivity index (χ2n) is 2.86. The summed E-state index contributed by atoms with van der Waals surface area (Å²) < 4.78 is 0. The lowest BCUT2D eigenvalue weighted by molar-refractivity contribution is -0.135. The van der Waals surface area contributed by atoms with Crippen LogP contribution in [0.5, 0.6) is 0 Å². The van der Waals surface area contributed by atoms with Crippen molar-refractivity contribution in [1.82, 2.24) is 0 Å². The maximum Gasteiger partial charge on any atom is 0.307 e. The smallest absolute Gasteiger partial charge is 0.307 e. The summed E-state index contributed by atoms with van der Waals surface area (Å²) in [6.45, 7) is 0. The molecule has 1 N–H and O–H groups in total. The first-order valence-electron chi connectivity index (χ1n) is 4.27. The van der Waals surface area contributed by atoms with Crippen LogP contribution < -0.4 is 0 Å². The van der Waals surface area contributed by atoms with Crippen LogP contribution in [0.25, 0.3) is 6.08 Å². The van der Waals surface area contributed by atoms with E-state index in [9.17, 15) is 9.59 Å². The number of carboxylic acids is 1. The molecule has 1 rings (SSSR count). The lowest BCUT2D eigenvalue weighted by Gasteiger charge is -2.00. The largest absolute Gasteiger partial charge is 0.481 e. The van der Waals surface area contributed by atoms with Crippen LogP contribution in [0.15, 0.2) is 24.3 Å². The van der Waals surface area contributed by atoms with Crippen molar-refractivity contribution in [2.45, 2.75) is 6.42 Å². The molecule has 0 aliphatic rings. The van der Waals surface area contributed by atoms with Crippen LogP contribution in [0.4, 0.5) is 0 Å². The summed E-state index contributed by atoms with van der Waals surface area (Å²) in [6, 6.07) is 4.94. The third-order valence-corrected chi connectivity index (χ3v) is 2.12. The summed E-state index contributed by atoms with van der Waals surface area (Å²) in [5.41, 5.74) is 1.000. The lowest BCUT2D eigenvalue weighted by atomic mass is 10.1. The standard InChI is InChI=1S/C11H9ClO3/c12-10-5-1-3-8(7-13)9(10)4-2-6-11(14)15/h1-5,7H,6H2,(H,14,15). The number of rotatable bonds is 4. The zero-order valence-corrected chi connectivity index (χ0v) is 8.57. The molecule has 0 saturated heterocycles. The second kappa shape index (κ2) is 5.32. The predicted molar refractivity (Wildman–Crippen MR) is 58.1 cm³/mol. The first-order chi connectivity index (χ1) is 7.15. The highest BCUT2D eigenvalue weighted by molar-refractivity contribution is 6.32. The molecule has 0 unspecified atom stereocenters. The van der Waals surface area contributed by atoms with Crippen molar-refractivity contribution in [3.05, 3.63) is 40.4 Å². The van der Waals surface area contributed by atoms with Crippen LogP contribution in [0.2, 0.25) is 5.02 Å². The maximum absolute atomic E-state index is 10.7. The van der Waals surface area contributed by atoms with Crippen LogP contribution in [0.1, 0.15) is 22.3 Å². The van der Waals surface area contributed by atoms with Gasteiger partial charge in [0.05, 0.1) is 6.42 Å². The molecule has 0 atom stereocenters. The van der Waals surface area contributed by atoms with Gasteiger partial charge in [-0.25, -0.2) is 0 Å². The summed E-state index contributed by atoms with van der Waals surface area (Å²) in [7, 11) is 0. The molecule has 4 heteroatoms. The van der Waals surface area contributed by atoms with Gasteiger partial charge in [0.1, 0.15) is 0 Å². The number of aldehydes is 1. The number of hydrogen-bond donors (Lipinski definition) is 1. The predicted octanol–water partition coefficient (Wildman–Crippen LogP) is 2.64. The molecular weight excluding hydrogens is 216 g/mol. The van der Waals surface area contributed by atoms with E-state index in [1.54, 1.807) is 24.3 Å². The van der Waals surface area contributed by atoms with Gasteiger partial charge < -0.3 is 5.11 Å². The van der Waals surface area contributed by atoms with E-state index < -0.39 is 5.97 Å². The molecule has 0 radical (unpaired) electrons. The van der Waals surface area contributed by atoms with Gasteiger partial charge >= 0.3 is 5.97 Å². The zero-order chi connectivity index (χ0) is 11.3. The number of halogens is 1. The van der Waals surface area contributed by atoms with E-state index in [1.165, 1.54) is 6.08 Å². The first kappa shape index (κ1) is 11.5. The molecule has 0 aliphatic heterocycles. The van der Waals surface area contributed by atoms with Crippen LogP contribution in [0, 0.1) is 0 Å². The van der Waals surface area contributed by atoms with Crippen molar-refractivity contribution in [1.29, 1.82) is 0 Å². The molecule has 1 aromatic carbocycles. The normalized spacial score (nSPS) is 10.5. The number of carbonyl (C=O) groups excluding carboxylic acids is 1. The van der Waals surface area contributed by atoms with Crippen molar-refractivity contribution in [2.75, 3.05) is 0 Å². The van der Waals surface area contributed by atoms with Crippen LogP contribution in [0.3, 0.4) is 0 Å². The van der Waals surface area contributed by atoms with Gasteiger partial charge in [-0.1, -0.05) is 35.9 Å². The van der Waals surface area contributed by atoms with Gasteiger partial charge in [-0.15, -0.1) is 0 Å². The fourth-order valence-electron chi connectivity index (χ4n) is 1.11. The highest BCUT2D eigenvalue weighted by Crippen LogP contribution is 2.20. The van der Waals surface area contributed by atoms with E-state index in [0.29, 0.717) is 22.4 Å². The zero-order valence-electron chi connectivity index (χ0n) is 7.81. The highest BCUT2D eigenvalue weighted by Gasteiger charge is 2.02. The summed E-state index contributed by atoms with van der Waals surface area (Å²) in [5, 5.41) is 8.87. The molecule has 78 valence electrons. The monoisotopic (exact) mass is 224 g/mol. The van der Waals surface area contributed by atoms with Crippen molar-refractivity contribution in [3.8, 4) is 0 Å². The fourth-order valence-corrected chi connectivity index (χ4v) is 1.35.